The van der Waals surface area contributed by atoms with E-state index >= 15 is 0 Å². The molecule has 0 aliphatic carbocycles. The van der Waals surface area contributed by atoms with Gasteiger partial charge in [-0.05, 0) is 53.8 Å². The van der Waals surface area contributed by atoms with E-state index in [1.54, 1.807) is 17.0 Å². The fourth-order valence-electron chi connectivity index (χ4n) is 3.44. The zero-order valence-corrected chi connectivity index (χ0v) is 19.1. The number of hydrogen-bond donors (Lipinski definition) is 1. The number of nitrogens with zero attached hydrogens (tertiary/aromatic N) is 2. The first-order valence-corrected chi connectivity index (χ1v) is 10.8. The SMILES string of the molecule is CC(C)(C)CC(=O)Nc1ccc(N2CCCN(Cc3ccc(Cl)c(Cl)c3)C2=O)cc1. The normalized spacial score (nSPS) is 14.8. The van der Waals surface area contributed by atoms with Crippen molar-refractivity contribution in [3.63, 3.8) is 0 Å². The summed E-state index contributed by atoms with van der Waals surface area (Å²) in [5.74, 6) is -0.0166. The molecule has 2 aromatic rings. The number of anilines is 2. The van der Waals surface area contributed by atoms with E-state index in [9.17, 15) is 9.59 Å². The van der Waals surface area contributed by atoms with Crippen LogP contribution in [0.4, 0.5) is 16.2 Å². The molecule has 5 nitrogen and oxygen atoms in total. The Kier molecular flexibility index (Phi) is 6.94. The fraction of sp³-hybridized carbons (Fsp3) is 0.391. The molecule has 0 radical (unpaired) electrons. The van der Waals surface area contributed by atoms with Crippen molar-refractivity contribution in [2.24, 2.45) is 5.41 Å². The van der Waals surface area contributed by atoms with Crippen molar-refractivity contribution in [3.8, 4) is 0 Å². The minimum Gasteiger partial charge on any atom is -0.326 e. The highest BCUT2D eigenvalue weighted by Crippen LogP contribution is 2.26. The molecule has 1 N–H and O–H groups in total. The molecule has 3 amide bonds. The van der Waals surface area contributed by atoms with E-state index < -0.39 is 0 Å². The molecule has 0 spiro atoms. The van der Waals surface area contributed by atoms with Gasteiger partial charge in [-0.2, -0.15) is 0 Å². The summed E-state index contributed by atoms with van der Waals surface area (Å²) in [5, 5.41) is 3.90. The molecule has 0 unspecified atom stereocenters. The molecule has 1 aliphatic rings. The Labute approximate surface area is 187 Å². The first kappa shape index (κ1) is 22.4. The van der Waals surface area contributed by atoms with E-state index in [4.69, 9.17) is 23.2 Å². The second kappa shape index (κ2) is 9.27. The smallest absolute Gasteiger partial charge is 0.324 e. The lowest BCUT2D eigenvalue weighted by molar-refractivity contribution is -0.117. The van der Waals surface area contributed by atoms with Crippen molar-refractivity contribution in [2.45, 2.75) is 40.2 Å². The van der Waals surface area contributed by atoms with Gasteiger partial charge in [0.15, 0.2) is 0 Å². The van der Waals surface area contributed by atoms with Gasteiger partial charge in [0.25, 0.3) is 0 Å². The van der Waals surface area contributed by atoms with Gasteiger partial charge in [-0.25, -0.2) is 4.79 Å². The van der Waals surface area contributed by atoms with E-state index in [1.165, 1.54) is 0 Å². The Morgan fingerprint density at radius 3 is 2.37 bits per heavy atom. The standard InChI is InChI=1S/C23H27Cl2N3O2/c1-23(2,3)14-21(29)26-17-6-8-18(9-7-17)28-12-4-11-27(22(28)30)15-16-5-10-19(24)20(25)13-16/h5-10,13H,4,11-12,14-15H2,1-3H3,(H,26,29). The first-order valence-electron chi connectivity index (χ1n) is 10.0. The molecule has 0 bridgehead atoms. The van der Waals surface area contributed by atoms with Crippen LogP contribution in [-0.4, -0.2) is 29.9 Å². The van der Waals surface area contributed by atoms with Gasteiger partial charge in [0, 0.05) is 37.4 Å². The highest BCUT2D eigenvalue weighted by atomic mass is 35.5. The van der Waals surface area contributed by atoms with Gasteiger partial charge in [0.2, 0.25) is 5.91 Å². The molecule has 1 heterocycles. The van der Waals surface area contributed by atoms with Gasteiger partial charge in [0.1, 0.15) is 0 Å². The van der Waals surface area contributed by atoms with Crippen molar-refractivity contribution in [3.05, 3.63) is 58.1 Å². The van der Waals surface area contributed by atoms with E-state index in [-0.39, 0.29) is 17.4 Å². The maximum atomic E-state index is 13.0. The van der Waals surface area contributed by atoms with Crippen LogP contribution in [0.25, 0.3) is 0 Å². The van der Waals surface area contributed by atoms with Gasteiger partial charge in [-0.15, -0.1) is 0 Å². The van der Waals surface area contributed by atoms with Crippen molar-refractivity contribution in [2.75, 3.05) is 23.3 Å². The van der Waals surface area contributed by atoms with Crippen LogP contribution in [0.15, 0.2) is 42.5 Å². The molecule has 160 valence electrons. The fourth-order valence-corrected chi connectivity index (χ4v) is 3.76. The van der Waals surface area contributed by atoms with E-state index in [2.05, 4.69) is 5.32 Å². The molecule has 2 aromatic carbocycles. The number of benzene rings is 2. The summed E-state index contributed by atoms with van der Waals surface area (Å²) in [5.41, 5.74) is 2.41. The van der Waals surface area contributed by atoms with Crippen LogP contribution in [0, 0.1) is 5.41 Å². The summed E-state index contributed by atoms with van der Waals surface area (Å²) in [6.45, 7) is 7.92. The zero-order chi connectivity index (χ0) is 21.9. The molecule has 30 heavy (non-hydrogen) atoms. The molecule has 1 fully saturated rings. The monoisotopic (exact) mass is 447 g/mol. The van der Waals surface area contributed by atoms with Crippen LogP contribution >= 0.6 is 23.2 Å². The summed E-state index contributed by atoms with van der Waals surface area (Å²) in [6, 6.07) is 12.8. The maximum Gasteiger partial charge on any atom is 0.324 e. The minimum atomic E-state index is -0.0674. The first-order chi connectivity index (χ1) is 14.1. The second-order valence-corrected chi connectivity index (χ2v) is 9.60. The van der Waals surface area contributed by atoms with Crippen LogP contribution in [-0.2, 0) is 11.3 Å². The quantitative estimate of drug-likeness (QED) is 0.592. The number of amides is 3. The summed E-state index contributed by atoms with van der Waals surface area (Å²) in [6.07, 6.45) is 1.32. The maximum absolute atomic E-state index is 13.0. The summed E-state index contributed by atoms with van der Waals surface area (Å²) < 4.78 is 0. The second-order valence-electron chi connectivity index (χ2n) is 8.79. The number of halogens is 2. The average Bonchev–Trinajstić information content (AvgIpc) is 2.66. The van der Waals surface area contributed by atoms with Gasteiger partial charge in [-0.3, -0.25) is 9.69 Å². The molecule has 7 heteroatoms. The Morgan fingerprint density at radius 2 is 1.73 bits per heavy atom. The van der Waals surface area contributed by atoms with Crippen molar-refractivity contribution in [1.82, 2.24) is 4.90 Å². The highest BCUT2D eigenvalue weighted by molar-refractivity contribution is 6.42. The molecule has 1 aliphatic heterocycles. The summed E-state index contributed by atoms with van der Waals surface area (Å²) in [7, 11) is 0. The van der Waals surface area contributed by atoms with E-state index in [0.29, 0.717) is 36.1 Å². The number of rotatable bonds is 5. The lowest BCUT2D eigenvalue weighted by Crippen LogP contribution is -2.49. The number of hydrogen-bond acceptors (Lipinski definition) is 2. The third kappa shape index (κ3) is 5.89. The topological polar surface area (TPSA) is 52.7 Å². The van der Waals surface area contributed by atoms with Gasteiger partial charge < -0.3 is 10.2 Å². The van der Waals surface area contributed by atoms with Crippen molar-refractivity contribution in [1.29, 1.82) is 0 Å². The Morgan fingerprint density at radius 1 is 1.03 bits per heavy atom. The summed E-state index contributed by atoms with van der Waals surface area (Å²) >= 11 is 12.1. The van der Waals surface area contributed by atoms with Gasteiger partial charge in [-0.1, -0.05) is 50.0 Å². The van der Waals surface area contributed by atoms with Crippen LogP contribution in [0.1, 0.15) is 39.2 Å². The molecule has 1 saturated heterocycles. The van der Waals surface area contributed by atoms with E-state index in [0.717, 1.165) is 23.4 Å². The molecular weight excluding hydrogens is 421 g/mol. The van der Waals surface area contributed by atoms with Crippen LogP contribution in [0.2, 0.25) is 10.0 Å². The lowest BCUT2D eigenvalue weighted by atomic mass is 9.92. The molecule has 0 aromatic heterocycles. The van der Waals surface area contributed by atoms with Gasteiger partial charge >= 0.3 is 6.03 Å². The Hall–Kier alpha value is -2.24. The largest absolute Gasteiger partial charge is 0.326 e. The predicted molar refractivity (Wildman–Crippen MR) is 123 cm³/mol. The number of nitrogens with one attached hydrogen (secondary N) is 1. The number of urea groups is 1. The van der Waals surface area contributed by atoms with E-state index in [1.807, 2.05) is 56.0 Å². The molecule has 0 saturated carbocycles. The molecular formula is C23H27Cl2N3O2. The zero-order valence-electron chi connectivity index (χ0n) is 17.5. The third-order valence-corrected chi connectivity index (χ3v) is 5.56. The lowest BCUT2D eigenvalue weighted by Gasteiger charge is -2.35. The van der Waals surface area contributed by atoms with Crippen molar-refractivity contribution >= 4 is 46.5 Å². The minimum absolute atomic E-state index is 0.0166. The van der Waals surface area contributed by atoms with Crippen molar-refractivity contribution < 1.29 is 9.59 Å². The molecule has 3 rings (SSSR count). The van der Waals surface area contributed by atoms with Crippen LogP contribution in [0.5, 0.6) is 0 Å². The number of carbonyl (C=O) groups excluding carboxylic acids is 2. The average molecular weight is 448 g/mol. The van der Waals surface area contributed by atoms with Crippen LogP contribution < -0.4 is 10.2 Å². The van der Waals surface area contributed by atoms with Gasteiger partial charge in [0.05, 0.1) is 10.0 Å². The number of carbonyl (C=O) groups is 2. The van der Waals surface area contributed by atoms with Crippen LogP contribution in [0.3, 0.4) is 0 Å². The Balaban J connectivity index is 1.65. The third-order valence-electron chi connectivity index (χ3n) is 4.82. The summed E-state index contributed by atoms with van der Waals surface area (Å²) in [4.78, 5) is 28.7. The highest BCUT2D eigenvalue weighted by Gasteiger charge is 2.27. The predicted octanol–water partition coefficient (Wildman–Crippen LogP) is 6.20. The Bertz CT molecular complexity index is 923. The molecule has 0 atom stereocenters.